The van der Waals surface area contributed by atoms with Crippen molar-refractivity contribution in [2.75, 3.05) is 26.2 Å². The lowest BCUT2D eigenvalue weighted by Crippen LogP contribution is -2.31. The van der Waals surface area contributed by atoms with Crippen LogP contribution in [-0.2, 0) is 9.59 Å². The highest BCUT2D eigenvalue weighted by Crippen LogP contribution is 2.35. The van der Waals surface area contributed by atoms with Gasteiger partial charge in [0.1, 0.15) is 0 Å². The SMILES string of the molecule is NCCC(CCN)(CCN)CCCCCCN1C(=O)C=CC1=O. The van der Waals surface area contributed by atoms with Crippen LogP contribution in [0.2, 0.25) is 0 Å². The van der Waals surface area contributed by atoms with Gasteiger partial charge in [-0.2, -0.15) is 0 Å². The highest BCUT2D eigenvalue weighted by molar-refractivity contribution is 6.12. The number of unbranched alkanes of at least 4 members (excludes halogenated alkanes) is 3. The number of rotatable bonds is 13. The summed E-state index contributed by atoms with van der Waals surface area (Å²) in [6.45, 7) is 2.54. The zero-order valence-corrected chi connectivity index (χ0v) is 14.1. The van der Waals surface area contributed by atoms with E-state index in [0.717, 1.165) is 51.4 Å². The van der Waals surface area contributed by atoms with Gasteiger partial charge in [-0.1, -0.05) is 19.3 Å². The van der Waals surface area contributed by atoms with Crippen LogP contribution in [0.3, 0.4) is 0 Å². The molecule has 0 bridgehead atoms. The summed E-state index contributed by atoms with van der Waals surface area (Å²) in [6, 6.07) is 0. The molecule has 0 unspecified atom stereocenters. The van der Waals surface area contributed by atoms with Gasteiger partial charge in [-0.05, 0) is 57.2 Å². The zero-order valence-electron chi connectivity index (χ0n) is 14.1. The Balaban J connectivity index is 2.25. The van der Waals surface area contributed by atoms with Gasteiger partial charge in [0.05, 0.1) is 0 Å². The van der Waals surface area contributed by atoms with Crippen LogP contribution in [0.15, 0.2) is 12.2 Å². The molecule has 1 rings (SSSR count). The van der Waals surface area contributed by atoms with E-state index in [1.54, 1.807) is 0 Å². The number of hydrogen-bond acceptors (Lipinski definition) is 5. The third kappa shape index (κ3) is 6.41. The molecular formula is C17H32N4O2. The van der Waals surface area contributed by atoms with E-state index in [4.69, 9.17) is 17.2 Å². The molecule has 0 aromatic rings. The maximum Gasteiger partial charge on any atom is 0.253 e. The van der Waals surface area contributed by atoms with Gasteiger partial charge in [-0.25, -0.2) is 0 Å². The minimum absolute atomic E-state index is 0.184. The lowest BCUT2D eigenvalue weighted by Gasteiger charge is -2.33. The number of carbonyl (C=O) groups excluding carboxylic acids is 2. The van der Waals surface area contributed by atoms with Crippen molar-refractivity contribution in [1.82, 2.24) is 4.90 Å². The molecule has 0 atom stereocenters. The highest BCUT2D eigenvalue weighted by Gasteiger charge is 2.27. The quantitative estimate of drug-likeness (QED) is 0.344. The second-order valence-electron chi connectivity index (χ2n) is 6.44. The van der Waals surface area contributed by atoms with Crippen molar-refractivity contribution >= 4 is 11.8 Å². The van der Waals surface area contributed by atoms with Crippen molar-refractivity contribution in [1.29, 1.82) is 0 Å². The topological polar surface area (TPSA) is 115 Å². The Morgan fingerprint density at radius 1 is 0.739 bits per heavy atom. The fourth-order valence-electron chi connectivity index (χ4n) is 3.44. The summed E-state index contributed by atoms with van der Waals surface area (Å²) in [5, 5.41) is 0. The van der Waals surface area contributed by atoms with E-state index in [-0.39, 0.29) is 17.2 Å². The Bertz CT molecular complexity index is 374. The summed E-state index contributed by atoms with van der Waals surface area (Å²) in [4.78, 5) is 24.2. The third-order valence-corrected chi connectivity index (χ3v) is 4.76. The molecular weight excluding hydrogens is 292 g/mol. The van der Waals surface area contributed by atoms with Crippen molar-refractivity contribution in [3.63, 3.8) is 0 Å². The van der Waals surface area contributed by atoms with Gasteiger partial charge in [0.15, 0.2) is 0 Å². The Morgan fingerprint density at radius 2 is 1.22 bits per heavy atom. The van der Waals surface area contributed by atoms with Crippen LogP contribution in [0.25, 0.3) is 0 Å². The maximum atomic E-state index is 11.4. The van der Waals surface area contributed by atoms with E-state index in [2.05, 4.69) is 0 Å². The molecule has 0 fully saturated rings. The Hall–Kier alpha value is -1.24. The summed E-state index contributed by atoms with van der Waals surface area (Å²) < 4.78 is 0. The smallest absolute Gasteiger partial charge is 0.253 e. The largest absolute Gasteiger partial charge is 0.330 e. The Labute approximate surface area is 139 Å². The average Bonchev–Trinajstić information content (AvgIpc) is 2.83. The second kappa shape index (κ2) is 10.5. The first-order valence-corrected chi connectivity index (χ1v) is 8.72. The van der Waals surface area contributed by atoms with E-state index >= 15 is 0 Å². The molecule has 132 valence electrons. The monoisotopic (exact) mass is 324 g/mol. The van der Waals surface area contributed by atoms with Gasteiger partial charge >= 0.3 is 0 Å². The van der Waals surface area contributed by atoms with E-state index in [0.29, 0.717) is 26.2 Å². The second-order valence-corrected chi connectivity index (χ2v) is 6.44. The molecule has 0 radical (unpaired) electrons. The van der Waals surface area contributed by atoms with E-state index in [1.807, 2.05) is 0 Å². The first-order valence-electron chi connectivity index (χ1n) is 8.72. The van der Waals surface area contributed by atoms with Gasteiger partial charge in [0.2, 0.25) is 0 Å². The van der Waals surface area contributed by atoms with Crippen LogP contribution in [0.5, 0.6) is 0 Å². The van der Waals surface area contributed by atoms with E-state index < -0.39 is 0 Å². The van der Waals surface area contributed by atoms with Crippen molar-refractivity contribution in [3.8, 4) is 0 Å². The molecule has 6 heteroatoms. The third-order valence-electron chi connectivity index (χ3n) is 4.76. The van der Waals surface area contributed by atoms with E-state index in [9.17, 15) is 9.59 Å². The van der Waals surface area contributed by atoms with Crippen LogP contribution < -0.4 is 17.2 Å². The molecule has 6 nitrogen and oxygen atoms in total. The number of hydrogen-bond donors (Lipinski definition) is 3. The van der Waals surface area contributed by atoms with Gasteiger partial charge in [-0.3, -0.25) is 14.5 Å². The summed E-state index contributed by atoms with van der Waals surface area (Å²) in [5.74, 6) is -0.384. The van der Waals surface area contributed by atoms with Gasteiger partial charge < -0.3 is 17.2 Å². The molecule has 0 spiro atoms. The van der Waals surface area contributed by atoms with Gasteiger partial charge in [0.25, 0.3) is 11.8 Å². The van der Waals surface area contributed by atoms with Crippen molar-refractivity contribution in [2.24, 2.45) is 22.6 Å². The van der Waals surface area contributed by atoms with Crippen molar-refractivity contribution in [3.05, 3.63) is 12.2 Å². The normalized spacial score (nSPS) is 15.0. The molecule has 0 aliphatic carbocycles. The minimum Gasteiger partial charge on any atom is -0.330 e. The van der Waals surface area contributed by atoms with Gasteiger partial charge in [0, 0.05) is 18.7 Å². The fraction of sp³-hybridized carbons (Fsp3) is 0.765. The molecule has 1 aliphatic rings. The van der Waals surface area contributed by atoms with Crippen LogP contribution in [0, 0.1) is 5.41 Å². The predicted octanol–water partition coefficient (Wildman–Crippen LogP) is 0.895. The van der Waals surface area contributed by atoms with Crippen LogP contribution in [0.4, 0.5) is 0 Å². The average molecular weight is 324 g/mol. The molecule has 0 aromatic heterocycles. The molecule has 23 heavy (non-hydrogen) atoms. The van der Waals surface area contributed by atoms with Gasteiger partial charge in [-0.15, -0.1) is 0 Å². The molecule has 0 saturated heterocycles. The summed E-state index contributed by atoms with van der Waals surface area (Å²) in [7, 11) is 0. The summed E-state index contributed by atoms with van der Waals surface area (Å²) in [6.07, 6.45) is 10.8. The van der Waals surface area contributed by atoms with Crippen molar-refractivity contribution < 1.29 is 9.59 Å². The Kier molecular flexibility index (Phi) is 9.06. The first-order chi connectivity index (χ1) is 11.1. The molecule has 6 N–H and O–H groups in total. The summed E-state index contributed by atoms with van der Waals surface area (Å²) in [5.41, 5.74) is 17.5. The number of nitrogens with two attached hydrogens (primary N) is 3. The van der Waals surface area contributed by atoms with Crippen LogP contribution in [-0.4, -0.2) is 42.9 Å². The molecule has 0 aromatic carbocycles. The first kappa shape index (κ1) is 19.8. The molecule has 0 saturated carbocycles. The fourth-order valence-corrected chi connectivity index (χ4v) is 3.44. The number of nitrogens with zero attached hydrogens (tertiary/aromatic N) is 1. The lowest BCUT2D eigenvalue weighted by atomic mass is 9.74. The standard InChI is InChI=1S/C17H32N4O2/c18-11-8-17(9-12-19,10-13-20)7-3-1-2-4-14-21-15(22)5-6-16(21)23/h5-6H,1-4,7-14,18-20H2. The van der Waals surface area contributed by atoms with Crippen molar-refractivity contribution in [2.45, 2.75) is 51.4 Å². The molecule has 1 aliphatic heterocycles. The number of carbonyl (C=O) groups is 2. The van der Waals surface area contributed by atoms with E-state index in [1.165, 1.54) is 17.1 Å². The van der Waals surface area contributed by atoms with Crippen LogP contribution in [0.1, 0.15) is 51.4 Å². The number of imide groups is 1. The maximum absolute atomic E-state index is 11.4. The molecule has 1 heterocycles. The summed E-state index contributed by atoms with van der Waals surface area (Å²) >= 11 is 0. The Morgan fingerprint density at radius 3 is 1.70 bits per heavy atom. The van der Waals surface area contributed by atoms with Crippen LogP contribution >= 0.6 is 0 Å². The minimum atomic E-state index is -0.192. The molecule has 2 amide bonds. The highest BCUT2D eigenvalue weighted by atomic mass is 16.2. The lowest BCUT2D eigenvalue weighted by molar-refractivity contribution is -0.136. The zero-order chi connectivity index (χ0) is 17.1. The predicted molar refractivity (Wildman–Crippen MR) is 92.4 cm³/mol. The number of amides is 2.